The van der Waals surface area contributed by atoms with Crippen LogP contribution in [0.25, 0.3) is 0 Å². The Hall–Kier alpha value is -1.74. The van der Waals surface area contributed by atoms with Gasteiger partial charge in [0.2, 0.25) is 0 Å². The van der Waals surface area contributed by atoms with E-state index in [4.69, 9.17) is 0 Å². The van der Waals surface area contributed by atoms with Crippen molar-refractivity contribution in [3.05, 3.63) is 70.3 Å². The Morgan fingerprint density at radius 1 is 1.00 bits per heavy atom. The molecule has 0 amide bonds. The summed E-state index contributed by atoms with van der Waals surface area (Å²) in [4.78, 5) is 0. The minimum absolute atomic E-state index is 0.0702. The molecule has 2 aromatic carbocycles. The summed E-state index contributed by atoms with van der Waals surface area (Å²) in [5, 5.41) is 10.6. The largest absolute Gasteiger partial charge is 0.380 e. The Bertz CT molecular complexity index is 595. The molecule has 0 spiro atoms. The third-order valence-corrected chi connectivity index (χ3v) is 3.32. The second-order valence-electron chi connectivity index (χ2n) is 4.99. The monoisotopic (exact) mass is 262 g/mol. The summed E-state index contributed by atoms with van der Waals surface area (Å²) in [6.07, 6.45) is 0. The zero-order valence-corrected chi connectivity index (χ0v) is 11.2. The molecule has 0 saturated carbocycles. The van der Waals surface area contributed by atoms with E-state index in [1.165, 1.54) is 31.2 Å². The molecule has 1 unspecified atom stereocenters. The Kier molecular flexibility index (Phi) is 3.42. The van der Waals surface area contributed by atoms with Crippen molar-refractivity contribution in [2.24, 2.45) is 0 Å². The molecule has 0 aliphatic rings. The fraction of sp³-hybridized carbons (Fsp3) is 0.250. The van der Waals surface area contributed by atoms with Crippen LogP contribution in [0.15, 0.2) is 36.4 Å². The van der Waals surface area contributed by atoms with Gasteiger partial charge in [-0.25, -0.2) is 8.78 Å². The Balaban J connectivity index is 2.67. The van der Waals surface area contributed by atoms with Gasteiger partial charge in [-0.05, 0) is 44.0 Å². The van der Waals surface area contributed by atoms with Crippen LogP contribution in [0.2, 0.25) is 0 Å². The van der Waals surface area contributed by atoms with Crippen molar-refractivity contribution in [1.29, 1.82) is 0 Å². The number of halogens is 2. The highest BCUT2D eigenvalue weighted by molar-refractivity contribution is 5.42. The first-order valence-electron chi connectivity index (χ1n) is 6.08. The molecule has 2 aromatic rings. The zero-order valence-electron chi connectivity index (χ0n) is 11.2. The molecule has 0 bridgehead atoms. The lowest BCUT2D eigenvalue weighted by Gasteiger charge is -2.27. The van der Waals surface area contributed by atoms with Gasteiger partial charge >= 0.3 is 0 Å². The first-order valence-corrected chi connectivity index (χ1v) is 6.08. The van der Waals surface area contributed by atoms with Gasteiger partial charge in [0.05, 0.1) is 0 Å². The summed E-state index contributed by atoms with van der Waals surface area (Å²) in [5.41, 5.74) is -0.148. The van der Waals surface area contributed by atoms with E-state index in [0.717, 1.165) is 5.56 Å². The fourth-order valence-corrected chi connectivity index (χ4v) is 2.52. The maximum Gasteiger partial charge on any atom is 0.130 e. The Labute approximate surface area is 111 Å². The molecule has 3 heteroatoms. The minimum Gasteiger partial charge on any atom is -0.380 e. The van der Waals surface area contributed by atoms with Gasteiger partial charge in [-0.3, -0.25) is 0 Å². The second kappa shape index (κ2) is 4.74. The second-order valence-corrected chi connectivity index (χ2v) is 4.99. The van der Waals surface area contributed by atoms with E-state index in [1.54, 1.807) is 26.0 Å². The molecular formula is C16H16F2O. The molecule has 0 saturated heterocycles. The van der Waals surface area contributed by atoms with E-state index in [-0.39, 0.29) is 11.1 Å². The van der Waals surface area contributed by atoms with Crippen LogP contribution < -0.4 is 0 Å². The Morgan fingerprint density at radius 3 is 2.21 bits per heavy atom. The number of hydrogen-bond acceptors (Lipinski definition) is 1. The molecule has 100 valence electrons. The summed E-state index contributed by atoms with van der Waals surface area (Å²) in [6, 6.07) is 8.99. The molecule has 0 radical (unpaired) electrons. The summed E-state index contributed by atoms with van der Waals surface area (Å²) < 4.78 is 28.0. The highest BCUT2D eigenvalue weighted by atomic mass is 19.1. The molecule has 1 atom stereocenters. The van der Waals surface area contributed by atoms with Gasteiger partial charge in [0, 0.05) is 11.1 Å². The predicted octanol–water partition coefficient (Wildman–Crippen LogP) is 3.84. The highest BCUT2D eigenvalue weighted by Crippen LogP contribution is 2.35. The SMILES string of the molecule is Cc1cc(C)c(C(C)(O)c2ccccc2F)c(F)c1. The third-order valence-electron chi connectivity index (χ3n) is 3.32. The van der Waals surface area contributed by atoms with Crippen LogP contribution in [0.3, 0.4) is 0 Å². The van der Waals surface area contributed by atoms with Crippen molar-refractivity contribution in [1.82, 2.24) is 0 Å². The molecule has 2 rings (SSSR count). The van der Waals surface area contributed by atoms with Crippen LogP contribution in [0, 0.1) is 25.5 Å². The third kappa shape index (κ3) is 2.38. The van der Waals surface area contributed by atoms with Crippen molar-refractivity contribution in [2.75, 3.05) is 0 Å². The van der Waals surface area contributed by atoms with Crippen LogP contribution in [0.5, 0.6) is 0 Å². The first kappa shape index (κ1) is 13.7. The summed E-state index contributed by atoms with van der Waals surface area (Å²) in [6.45, 7) is 4.89. The number of benzene rings is 2. The number of hydrogen-bond donors (Lipinski definition) is 1. The first-order chi connectivity index (χ1) is 8.84. The van der Waals surface area contributed by atoms with E-state index in [2.05, 4.69) is 0 Å². The van der Waals surface area contributed by atoms with Crippen LogP contribution in [-0.2, 0) is 5.60 Å². The maximum absolute atomic E-state index is 14.1. The lowest BCUT2D eigenvalue weighted by atomic mass is 9.84. The molecule has 0 heterocycles. The summed E-state index contributed by atoms with van der Waals surface area (Å²) in [7, 11) is 0. The fourth-order valence-electron chi connectivity index (χ4n) is 2.52. The van der Waals surface area contributed by atoms with Crippen LogP contribution in [-0.4, -0.2) is 5.11 Å². The normalized spacial score (nSPS) is 14.2. The van der Waals surface area contributed by atoms with E-state index in [0.29, 0.717) is 5.56 Å². The van der Waals surface area contributed by atoms with E-state index < -0.39 is 17.2 Å². The average Bonchev–Trinajstić information content (AvgIpc) is 2.27. The number of aliphatic hydroxyl groups is 1. The molecule has 0 aliphatic carbocycles. The van der Waals surface area contributed by atoms with Crippen LogP contribution in [0.4, 0.5) is 8.78 Å². The molecule has 0 aliphatic heterocycles. The van der Waals surface area contributed by atoms with Gasteiger partial charge in [0.15, 0.2) is 0 Å². The topological polar surface area (TPSA) is 20.2 Å². The van der Waals surface area contributed by atoms with E-state index >= 15 is 0 Å². The molecule has 0 aromatic heterocycles. The van der Waals surface area contributed by atoms with Gasteiger partial charge in [0.1, 0.15) is 17.2 Å². The van der Waals surface area contributed by atoms with E-state index in [1.807, 2.05) is 0 Å². The van der Waals surface area contributed by atoms with Crippen molar-refractivity contribution in [3.8, 4) is 0 Å². The maximum atomic E-state index is 14.1. The van der Waals surface area contributed by atoms with Gasteiger partial charge in [-0.15, -0.1) is 0 Å². The smallest absolute Gasteiger partial charge is 0.130 e. The Morgan fingerprint density at radius 2 is 1.63 bits per heavy atom. The van der Waals surface area contributed by atoms with Crippen LogP contribution >= 0.6 is 0 Å². The average molecular weight is 262 g/mol. The molecular weight excluding hydrogens is 246 g/mol. The molecule has 19 heavy (non-hydrogen) atoms. The number of rotatable bonds is 2. The van der Waals surface area contributed by atoms with Gasteiger partial charge in [-0.1, -0.05) is 24.3 Å². The van der Waals surface area contributed by atoms with Gasteiger partial charge in [-0.2, -0.15) is 0 Å². The molecule has 0 fully saturated rings. The summed E-state index contributed by atoms with van der Waals surface area (Å²) in [5.74, 6) is -1.07. The lowest BCUT2D eigenvalue weighted by molar-refractivity contribution is 0.0930. The van der Waals surface area contributed by atoms with Crippen LogP contribution in [0.1, 0.15) is 29.2 Å². The van der Waals surface area contributed by atoms with E-state index in [9.17, 15) is 13.9 Å². The van der Waals surface area contributed by atoms with Crippen molar-refractivity contribution in [3.63, 3.8) is 0 Å². The predicted molar refractivity (Wildman–Crippen MR) is 70.9 cm³/mol. The van der Waals surface area contributed by atoms with Gasteiger partial charge < -0.3 is 5.11 Å². The quantitative estimate of drug-likeness (QED) is 0.872. The minimum atomic E-state index is -1.70. The van der Waals surface area contributed by atoms with Crippen molar-refractivity contribution in [2.45, 2.75) is 26.4 Å². The summed E-state index contributed by atoms with van der Waals surface area (Å²) >= 11 is 0. The number of aryl methyl sites for hydroxylation is 2. The van der Waals surface area contributed by atoms with Crippen molar-refractivity contribution >= 4 is 0 Å². The molecule has 1 N–H and O–H groups in total. The molecule has 1 nitrogen and oxygen atoms in total. The zero-order chi connectivity index (χ0) is 14.2. The van der Waals surface area contributed by atoms with Gasteiger partial charge in [0.25, 0.3) is 0 Å². The standard InChI is InChI=1S/C16H16F2O/c1-10-8-11(2)15(14(18)9-10)16(3,19)12-6-4-5-7-13(12)17/h4-9,19H,1-3H3. The highest BCUT2D eigenvalue weighted by Gasteiger charge is 2.32. The lowest BCUT2D eigenvalue weighted by Crippen LogP contribution is -2.27. The van der Waals surface area contributed by atoms with Crippen molar-refractivity contribution < 1.29 is 13.9 Å².